The molecule has 0 atom stereocenters. The van der Waals surface area contributed by atoms with E-state index >= 15 is 0 Å². The van der Waals surface area contributed by atoms with Gasteiger partial charge in [0.05, 0.1) is 6.61 Å². The topological polar surface area (TPSA) is 90.0 Å². The Labute approximate surface area is 136 Å². The van der Waals surface area contributed by atoms with Crippen LogP contribution in [0, 0.1) is 12.8 Å². The average molecular weight is 316 g/mol. The Morgan fingerprint density at radius 1 is 1.39 bits per heavy atom. The molecule has 2 aromatic rings. The van der Waals surface area contributed by atoms with E-state index in [1.807, 2.05) is 25.4 Å². The van der Waals surface area contributed by atoms with E-state index in [2.05, 4.69) is 34.4 Å². The zero-order valence-electron chi connectivity index (χ0n) is 13.8. The van der Waals surface area contributed by atoms with Gasteiger partial charge in [-0.3, -0.25) is 4.79 Å². The number of aromatic nitrogens is 2. The van der Waals surface area contributed by atoms with Crippen LogP contribution in [0.3, 0.4) is 0 Å². The smallest absolute Gasteiger partial charge is 0.267 e. The minimum absolute atomic E-state index is 0.0757. The third kappa shape index (κ3) is 4.56. The monoisotopic (exact) mass is 316 g/mol. The molecule has 124 valence electrons. The van der Waals surface area contributed by atoms with E-state index < -0.39 is 0 Å². The molecule has 2 rings (SSSR count). The van der Waals surface area contributed by atoms with Crippen molar-refractivity contribution in [3.05, 3.63) is 35.8 Å². The number of amides is 1. The number of nitrogens with zero attached hydrogens (tertiary/aromatic N) is 1. The molecule has 2 heterocycles. The molecule has 0 radical (unpaired) electrons. The minimum atomic E-state index is -0.227. The maximum Gasteiger partial charge on any atom is 0.267 e. The summed E-state index contributed by atoms with van der Waals surface area (Å²) >= 11 is 0. The first kappa shape index (κ1) is 17.0. The molecule has 0 saturated heterocycles. The van der Waals surface area contributed by atoms with Crippen molar-refractivity contribution in [2.45, 2.75) is 20.8 Å². The van der Waals surface area contributed by atoms with Gasteiger partial charge in [0.15, 0.2) is 0 Å². The van der Waals surface area contributed by atoms with Crippen molar-refractivity contribution < 1.29 is 9.90 Å². The van der Waals surface area contributed by atoms with Gasteiger partial charge in [-0.2, -0.15) is 0 Å². The first-order valence-corrected chi connectivity index (χ1v) is 7.79. The van der Waals surface area contributed by atoms with Gasteiger partial charge in [0, 0.05) is 31.0 Å². The van der Waals surface area contributed by atoms with Gasteiger partial charge in [0.1, 0.15) is 11.5 Å². The number of hydrogen-bond acceptors (Lipinski definition) is 4. The van der Waals surface area contributed by atoms with Crippen molar-refractivity contribution in [1.82, 2.24) is 15.3 Å². The second-order valence-electron chi connectivity index (χ2n) is 5.94. The van der Waals surface area contributed by atoms with E-state index in [9.17, 15) is 4.79 Å². The highest BCUT2D eigenvalue weighted by atomic mass is 16.3. The lowest BCUT2D eigenvalue weighted by molar-refractivity contribution is 0.0940. The lowest BCUT2D eigenvalue weighted by atomic mass is 10.1. The number of anilines is 1. The summed E-state index contributed by atoms with van der Waals surface area (Å²) in [6, 6.07) is 3.80. The normalized spacial score (nSPS) is 10.8. The van der Waals surface area contributed by atoms with E-state index in [1.165, 1.54) is 0 Å². The fourth-order valence-electron chi connectivity index (χ4n) is 2.19. The van der Waals surface area contributed by atoms with Crippen LogP contribution in [0.1, 0.15) is 29.9 Å². The molecule has 0 saturated carbocycles. The van der Waals surface area contributed by atoms with Gasteiger partial charge in [-0.15, -0.1) is 0 Å². The number of carbonyl (C=O) groups excluding carboxylic acids is 1. The Morgan fingerprint density at radius 2 is 2.17 bits per heavy atom. The number of pyridine rings is 1. The molecule has 0 aromatic carbocycles. The molecule has 0 bridgehead atoms. The van der Waals surface area contributed by atoms with Crippen molar-refractivity contribution in [3.63, 3.8) is 0 Å². The molecule has 0 aliphatic carbocycles. The third-order valence-corrected chi connectivity index (χ3v) is 3.43. The van der Waals surface area contributed by atoms with E-state index in [0.29, 0.717) is 11.6 Å². The lowest BCUT2D eigenvalue weighted by Crippen LogP contribution is -2.26. The van der Waals surface area contributed by atoms with Crippen molar-refractivity contribution in [1.29, 1.82) is 0 Å². The van der Waals surface area contributed by atoms with E-state index in [4.69, 9.17) is 5.11 Å². The molecule has 2 aromatic heterocycles. The number of rotatable bonds is 7. The summed E-state index contributed by atoms with van der Waals surface area (Å²) in [5.74, 6) is 1.14. The van der Waals surface area contributed by atoms with Crippen LogP contribution in [0.2, 0.25) is 0 Å². The fourth-order valence-corrected chi connectivity index (χ4v) is 2.19. The SMILES string of the molecule is Cc1cnc(NCC(C)C)cc1-c1c[nH]c(C(=O)NCCO)c1. The van der Waals surface area contributed by atoms with Crippen LogP contribution in [0.5, 0.6) is 0 Å². The molecule has 23 heavy (non-hydrogen) atoms. The van der Waals surface area contributed by atoms with Crippen molar-refractivity contribution in [2.75, 3.05) is 25.0 Å². The first-order chi connectivity index (χ1) is 11.0. The van der Waals surface area contributed by atoms with E-state index in [-0.39, 0.29) is 19.1 Å². The van der Waals surface area contributed by atoms with Crippen molar-refractivity contribution >= 4 is 11.7 Å². The van der Waals surface area contributed by atoms with Gasteiger partial charge in [-0.25, -0.2) is 4.98 Å². The highest BCUT2D eigenvalue weighted by molar-refractivity contribution is 5.94. The minimum Gasteiger partial charge on any atom is -0.395 e. The highest BCUT2D eigenvalue weighted by Crippen LogP contribution is 2.26. The first-order valence-electron chi connectivity index (χ1n) is 7.79. The molecular weight excluding hydrogens is 292 g/mol. The summed E-state index contributed by atoms with van der Waals surface area (Å²) in [4.78, 5) is 19.3. The summed E-state index contributed by atoms with van der Waals surface area (Å²) < 4.78 is 0. The second-order valence-corrected chi connectivity index (χ2v) is 5.94. The van der Waals surface area contributed by atoms with Gasteiger partial charge < -0.3 is 20.7 Å². The molecule has 0 spiro atoms. The molecule has 6 nitrogen and oxygen atoms in total. The van der Waals surface area contributed by atoms with Crippen LogP contribution in [-0.2, 0) is 0 Å². The zero-order chi connectivity index (χ0) is 16.8. The highest BCUT2D eigenvalue weighted by Gasteiger charge is 2.11. The number of nitrogens with one attached hydrogen (secondary N) is 3. The Morgan fingerprint density at radius 3 is 2.87 bits per heavy atom. The number of hydrogen-bond donors (Lipinski definition) is 4. The third-order valence-electron chi connectivity index (χ3n) is 3.43. The Hall–Kier alpha value is -2.34. The molecular formula is C17H24N4O2. The molecule has 4 N–H and O–H groups in total. The van der Waals surface area contributed by atoms with Crippen LogP contribution in [0.4, 0.5) is 5.82 Å². The lowest BCUT2D eigenvalue weighted by Gasteiger charge is -2.10. The number of aryl methyl sites for hydroxylation is 1. The van der Waals surface area contributed by atoms with Gasteiger partial charge >= 0.3 is 0 Å². The van der Waals surface area contributed by atoms with Crippen LogP contribution in [0.25, 0.3) is 11.1 Å². The fraction of sp³-hybridized carbons (Fsp3) is 0.412. The van der Waals surface area contributed by atoms with Gasteiger partial charge in [0.2, 0.25) is 0 Å². The van der Waals surface area contributed by atoms with E-state index in [0.717, 1.165) is 29.1 Å². The largest absolute Gasteiger partial charge is 0.395 e. The van der Waals surface area contributed by atoms with Gasteiger partial charge in [0.25, 0.3) is 5.91 Å². The second kappa shape index (κ2) is 7.78. The van der Waals surface area contributed by atoms with Crippen molar-refractivity contribution in [3.8, 4) is 11.1 Å². The summed E-state index contributed by atoms with van der Waals surface area (Å²) in [5.41, 5.74) is 3.48. The van der Waals surface area contributed by atoms with Crippen LogP contribution >= 0.6 is 0 Å². The molecule has 0 fully saturated rings. The van der Waals surface area contributed by atoms with Crippen LogP contribution in [0.15, 0.2) is 24.5 Å². The Bertz CT molecular complexity index is 664. The number of carbonyl (C=O) groups is 1. The summed E-state index contributed by atoms with van der Waals surface area (Å²) in [6.07, 6.45) is 3.64. The van der Waals surface area contributed by atoms with Gasteiger partial charge in [-0.1, -0.05) is 13.8 Å². The summed E-state index contributed by atoms with van der Waals surface area (Å²) in [7, 11) is 0. The quantitative estimate of drug-likeness (QED) is 0.630. The average Bonchev–Trinajstić information content (AvgIpc) is 3.01. The Balaban J connectivity index is 2.19. The molecule has 0 aliphatic rings. The predicted molar refractivity (Wildman–Crippen MR) is 91.5 cm³/mol. The summed E-state index contributed by atoms with van der Waals surface area (Å²) in [5, 5.41) is 14.7. The summed E-state index contributed by atoms with van der Waals surface area (Å²) in [6.45, 7) is 7.31. The number of aromatic amines is 1. The van der Waals surface area contributed by atoms with Crippen LogP contribution in [-0.4, -0.2) is 40.7 Å². The number of aliphatic hydroxyl groups is 1. The predicted octanol–water partition coefficient (Wildman–Crippen LogP) is 2.18. The zero-order valence-corrected chi connectivity index (χ0v) is 13.8. The Kier molecular flexibility index (Phi) is 5.76. The standard InChI is InChI=1S/C17H24N4O2/c1-11(2)8-20-16-7-14(12(3)9-21-16)13-6-15(19-10-13)17(23)18-4-5-22/h6-7,9-11,19,22H,4-5,8H2,1-3H3,(H,18,23)(H,20,21). The van der Waals surface area contributed by atoms with E-state index in [1.54, 1.807) is 6.07 Å². The molecule has 0 unspecified atom stereocenters. The molecule has 0 aliphatic heterocycles. The number of H-pyrrole nitrogens is 1. The van der Waals surface area contributed by atoms with Crippen LogP contribution < -0.4 is 10.6 Å². The number of aliphatic hydroxyl groups excluding tert-OH is 1. The molecule has 6 heteroatoms. The maximum absolute atomic E-state index is 11.9. The van der Waals surface area contributed by atoms with Gasteiger partial charge in [-0.05, 0) is 36.1 Å². The maximum atomic E-state index is 11.9. The van der Waals surface area contributed by atoms with Crippen molar-refractivity contribution in [2.24, 2.45) is 5.92 Å². The molecule has 1 amide bonds.